The molecule has 0 spiro atoms. The highest BCUT2D eigenvalue weighted by molar-refractivity contribution is 6.30. The summed E-state index contributed by atoms with van der Waals surface area (Å²) in [6.07, 6.45) is 1.04. The Morgan fingerprint density at radius 1 is 1.42 bits per heavy atom. The first-order valence-electron chi connectivity index (χ1n) is 3.72. The van der Waals surface area contributed by atoms with Crippen LogP contribution in [0.25, 0.3) is 0 Å². The number of halogens is 1. The van der Waals surface area contributed by atoms with Crippen molar-refractivity contribution in [2.24, 2.45) is 0 Å². The monoisotopic (exact) mass is 185 g/mol. The van der Waals surface area contributed by atoms with Crippen LogP contribution in [0.2, 0.25) is 5.02 Å². The summed E-state index contributed by atoms with van der Waals surface area (Å²) in [5.74, 6) is 0. The number of rotatable bonds is 3. The lowest BCUT2D eigenvalue weighted by atomic mass is 10.1. The average molecular weight is 186 g/mol. The van der Waals surface area contributed by atoms with Gasteiger partial charge in [0.2, 0.25) is 0 Å². The zero-order valence-electron chi connectivity index (χ0n) is 6.60. The highest BCUT2D eigenvalue weighted by Crippen LogP contribution is 2.10. The maximum Gasteiger partial charge on any atom is 0.0408 e. The van der Waals surface area contributed by atoms with E-state index in [2.05, 4.69) is 11.4 Å². The molecule has 0 saturated carbocycles. The zero-order valence-corrected chi connectivity index (χ0v) is 7.36. The quantitative estimate of drug-likeness (QED) is 0.764. The van der Waals surface area contributed by atoms with E-state index in [1.807, 2.05) is 25.2 Å². The van der Waals surface area contributed by atoms with Crippen LogP contribution in [0.1, 0.15) is 13.0 Å². The molecule has 0 unspecified atom stereocenters. The topological polar surface area (TPSA) is 12.0 Å². The van der Waals surface area contributed by atoms with E-state index in [1.54, 1.807) is 0 Å². The van der Waals surface area contributed by atoms with Crippen LogP contribution in [-0.2, 0) is 6.42 Å². The lowest BCUT2D eigenvalue weighted by molar-refractivity contribution is 0.792. The van der Waals surface area contributed by atoms with Crippen LogP contribution in [0.3, 0.4) is 0 Å². The molecular formula is C10H16ClN. The smallest absolute Gasteiger partial charge is 0.0408 e. The van der Waals surface area contributed by atoms with Gasteiger partial charge in [-0.2, -0.15) is 0 Å². The van der Waals surface area contributed by atoms with Gasteiger partial charge in [-0.05, 0) is 37.7 Å². The third-order valence-electron chi connectivity index (χ3n) is 1.55. The van der Waals surface area contributed by atoms with E-state index in [0.29, 0.717) is 0 Å². The molecule has 0 atom stereocenters. The first-order chi connectivity index (χ1) is 5.33. The molecule has 0 saturated heterocycles. The summed E-state index contributed by atoms with van der Waals surface area (Å²) >= 11 is 5.80. The van der Waals surface area contributed by atoms with Crippen LogP contribution in [0.15, 0.2) is 24.3 Å². The van der Waals surface area contributed by atoms with Gasteiger partial charge in [-0.1, -0.05) is 31.2 Å². The van der Waals surface area contributed by atoms with Gasteiger partial charge in [0.25, 0.3) is 0 Å². The molecule has 0 bridgehead atoms. The van der Waals surface area contributed by atoms with Crippen molar-refractivity contribution in [1.29, 1.82) is 0 Å². The minimum absolute atomic E-state index is 0. The van der Waals surface area contributed by atoms with Crippen LogP contribution >= 0.6 is 11.6 Å². The number of hydrogen-bond acceptors (Lipinski definition) is 1. The Morgan fingerprint density at radius 3 is 2.75 bits per heavy atom. The fourth-order valence-corrected chi connectivity index (χ4v) is 1.17. The first kappa shape index (κ1) is 11.5. The van der Waals surface area contributed by atoms with Gasteiger partial charge < -0.3 is 5.32 Å². The highest BCUT2D eigenvalue weighted by Gasteiger charge is 1.91. The summed E-state index contributed by atoms with van der Waals surface area (Å²) in [6, 6.07) is 7.96. The van der Waals surface area contributed by atoms with Crippen molar-refractivity contribution < 1.29 is 0 Å². The largest absolute Gasteiger partial charge is 0.319 e. The Labute approximate surface area is 79.8 Å². The van der Waals surface area contributed by atoms with Gasteiger partial charge in [0.15, 0.2) is 0 Å². The summed E-state index contributed by atoms with van der Waals surface area (Å²) in [5, 5.41) is 3.91. The Morgan fingerprint density at radius 2 is 2.17 bits per heavy atom. The van der Waals surface area contributed by atoms with Gasteiger partial charge in [0.1, 0.15) is 0 Å². The van der Waals surface area contributed by atoms with Gasteiger partial charge >= 0.3 is 0 Å². The number of benzene rings is 1. The Balaban J connectivity index is 0.00000121. The Kier molecular flexibility index (Phi) is 5.77. The lowest BCUT2D eigenvalue weighted by Crippen LogP contribution is -2.10. The van der Waals surface area contributed by atoms with E-state index >= 15 is 0 Å². The van der Waals surface area contributed by atoms with Crippen LogP contribution < -0.4 is 5.32 Å². The summed E-state index contributed by atoms with van der Waals surface area (Å²) in [4.78, 5) is 0. The van der Waals surface area contributed by atoms with Gasteiger partial charge in [-0.3, -0.25) is 0 Å². The second-order valence-electron chi connectivity index (χ2n) is 2.48. The molecule has 0 heterocycles. The second kappa shape index (κ2) is 6.04. The molecule has 0 aromatic heterocycles. The SMILES string of the molecule is C.CNCCc1cccc(Cl)c1. The molecule has 0 radical (unpaired) electrons. The van der Waals surface area contributed by atoms with Gasteiger partial charge in [-0.25, -0.2) is 0 Å². The standard InChI is InChI=1S/C9H12ClN.CH4/c1-11-6-5-8-3-2-4-9(10)7-8;/h2-4,7,11H,5-6H2,1H3;1H4. The molecular weight excluding hydrogens is 170 g/mol. The Bertz CT molecular complexity index is 223. The lowest BCUT2D eigenvalue weighted by Gasteiger charge is -1.99. The molecule has 0 aliphatic rings. The van der Waals surface area contributed by atoms with Crippen LogP contribution in [0.5, 0.6) is 0 Å². The molecule has 0 aliphatic carbocycles. The molecule has 12 heavy (non-hydrogen) atoms. The van der Waals surface area contributed by atoms with Crippen molar-refractivity contribution in [2.45, 2.75) is 13.8 Å². The normalized spacial score (nSPS) is 9.17. The minimum Gasteiger partial charge on any atom is -0.319 e. The predicted molar refractivity (Wildman–Crippen MR) is 55.8 cm³/mol. The van der Waals surface area contributed by atoms with E-state index in [4.69, 9.17) is 11.6 Å². The molecule has 1 rings (SSSR count). The average Bonchev–Trinajstić information content (AvgIpc) is 2.01. The van der Waals surface area contributed by atoms with Crippen molar-refractivity contribution in [3.8, 4) is 0 Å². The highest BCUT2D eigenvalue weighted by atomic mass is 35.5. The molecule has 0 fully saturated rings. The minimum atomic E-state index is 0. The molecule has 1 N–H and O–H groups in total. The van der Waals surface area contributed by atoms with Gasteiger partial charge in [0, 0.05) is 5.02 Å². The number of nitrogens with one attached hydrogen (secondary N) is 1. The van der Waals surface area contributed by atoms with Gasteiger partial charge in [-0.15, -0.1) is 0 Å². The van der Waals surface area contributed by atoms with Crippen molar-refractivity contribution >= 4 is 11.6 Å². The fraction of sp³-hybridized carbons (Fsp3) is 0.400. The third-order valence-corrected chi connectivity index (χ3v) is 1.79. The van der Waals surface area contributed by atoms with Crippen molar-refractivity contribution in [2.75, 3.05) is 13.6 Å². The van der Waals surface area contributed by atoms with Crippen LogP contribution in [0.4, 0.5) is 0 Å². The third kappa shape index (κ3) is 3.74. The predicted octanol–water partition coefficient (Wildman–Crippen LogP) is 2.74. The van der Waals surface area contributed by atoms with E-state index in [9.17, 15) is 0 Å². The first-order valence-corrected chi connectivity index (χ1v) is 4.10. The molecule has 1 aromatic carbocycles. The van der Waals surface area contributed by atoms with Crippen molar-refractivity contribution in [3.63, 3.8) is 0 Å². The van der Waals surface area contributed by atoms with E-state index in [-0.39, 0.29) is 7.43 Å². The van der Waals surface area contributed by atoms with E-state index in [0.717, 1.165) is 18.0 Å². The summed E-state index contributed by atoms with van der Waals surface area (Å²) in [5.41, 5.74) is 1.28. The Hall–Kier alpha value is -0.530. The number of likely N-dealkylation sites (N-methyl/N-ethyl adjacent to an activating group) is 1. The second-order valence-corrected chi connectivity index (χ2v) is 2.92. The zero-order chi connectivity index (χ0) is 8.10. The fourth-order valence-electron chi connectivity index (χ4n) is 0.962. The van der Waals surface area contributed by atoms with E-state index < -0.39 is 0 Å². The maximum absolute atomic E-state index is 5.80. The van der Waals surface area contributed by atoms with Crippen LogP contribution in [-0.4, -0.2) is 13.6 Å². The van der Waals surface area contributed by atoms with Crippen molar-refractivity contribution in [1.82, 2.24) is 5.32 Å². The number of hydrogen-bond donors (Lipinski definition) is 1. The van der Waals surface area contributed by atoms with Crippen LogP contribution in [0, 0.1) is 0 Å². The molecule has 0 amide bonds. The molecule has 1 nitrogen and oxygen atoms in total. The molecule has 68 valence electrons. The summed E-state index contributed by atoms with van der Waals surface area (Å²) < 4.78 is 0. The maximum atomic E-state index is 5.80. The molecule has 0 aliphatic heterocycles. The molecule has 1 aromatic rings. The summed E-state index contributed by atoms with van der Waals surface area (Å²) in [7, 11) is 1.95. The van der Waals surface area contributed by atoms with Crippen molar-refractivity contribution in [3.05, 3.63) is 34.9 Å². The molecule has 2 heteroatoms. The van der Waals surface area contributed by atoms with E-state index in [1.165, 1.54) is 5.56 Å². The van der Waals surface area contributed by atoms with Gasteiger partial charge in [0.05, 0.1) is 0 Å². The summed E-state index contributed by atoms with van der Waals surface area (Å²) in [6.45, 7) is 1.00.